The molecule has 0 bridgehead atoms. The smallest absolute Gasteiger partial charge is 0.437 e. The van der Waals surface area contributed by atoms with Crippen LogP contribution in [0, 0.1) is 6.92 Å². The van der Waals surface area contributed by atoms with E-state index < -0.39 is 17.4 Å². The van der Waals surface area contributed by atoms with E-state index in [9.17, 15) is 9.59 Å². The maximum absolute atomic E-state index is 13.4. The lowest BCUT2D eigenvalue weighted by Crippen LogP contribution is -2.50. The third-order valence-corrected chi connectivity index (χ3v) is 4.99. The fourth-order valence-corrected chi connectivity index (χ4v) is 3.57. The number of ketones is 1. The van der Waals surface area contributed by atoms with Gasteiger partial charge in [0.15, 0.2) is 17.4 Å². The van der Waals surface area contributed by atoms with Crippen LogP contribution in [0.2, 0.25) is 5.02 Å². The van der Waals surface area contributed by atoms with E-state index in [0.29, 0.717) is 22.0 Å². The van der Waals surface area contributed by atoms with Crippen LogP contribution in [-0.2, 0) is 19.0 Å². The lowest BCUT2D eigenvalue weighted by Gasteiger charge is -2.41. The highest BCUT2D eigenvalue weighted by Gasteiger charge is 2.49. The molecule has 0 saturated carbocycles. The molecule has 1 aromatic heterocycles. The summed E-state index contributed by atoms with van der Waals surface area (Å²) in [6, 6.07) is 5.50. The third kappa shape index (κ3) is 4.08. The van der Waals surface area contributed by atoms with Gasteiger partial charge < -0.3 is 14.2 Å². The van der Waals surface area contributed by atoms with Gasteiger partial charge in [-0.25, -0.2) is 14.8 Å². The molecule has 2 aromatic rings. The number of aromatic nitrogens is 2. The second-order valence-electron chi connectivity index (χ2n) is 7.97. The molecular weight excluding hydrogens is 408 g/mol. The van der Waals surface area contributed by atoms with Crippen LogP contribution >= 0.6 is 11.6 Å². The fraction of sp³-hybridized carbons (Fsp3) is 0.364. The van der Waals surface area contributed by atoms with Crippen molar-refractivity contribution in [2.45, 2.75) is 45.8 Å². The van der Waals surface area contributed by atoms with Crippen LogP contribution in [0.3, 0.4) is 0 Å². The second-order valence-corrected chi connectivity index (χ2v) is 8.40. The zero-order chi connectivity index (χ0) is 22.3. The Balaban J connectivity index is 2.27. The number of hydrogen-bond acceptors (Lipinski definition) is 7. The molecule has 7 nitrogen and oxygen atoms in total. The Hall–Kier alpha value is -2.77. The van der Waals surface area contributed by atoms with E-state index in [2.05, 4.69) is 14.7 Å². The topological polar surface area (TPSA) is 87.6 Å². The van der Waals surface area contributed by atoms with Crippen LogP contribution in [0.1, 0.15) is 38.8 Å². The Morgan fingerprint density at radius 3 is 2.33 bits per heavy atom. The molecule has 0 aliphatic carbocycles. The van der Waals surface area contributed by atoms with E-state index in [-0.39, 0.29) is 17.1 Å². The molecule has 0 N–H and O–H groups in total. The van der Waals surface area contributed by atoms with Crippen molar-refractivity contribution in [2.75, 3.05) is 7.11 Å². The molecule has 2 heterocycles. The first kappa shape index (κ1) is 21.9. The van der Waals surface area contributed by atoms with E-state index in [1.807, 2.05) is 19.1 Å². The molecule has 0 unspecified atom stereocenters. The minimum atomic E-state index is -1.12. The standard InChI is InChI=1S/C22H23ClN2O5/c1-12-7-8-13(19-24-10-14(23)11-25-19)9-15(12)16-17(26)21(2,3)30-22(4,5)18(16)29-20(27)28-6/h7-11H,1-6H3. The number of aryl methyl sites for hydroxylation is 1. The van der Waals surface area contributed by atoms with Crippen LogP contribution < -0.4 is 0 Å². The summed E-state index contributed by atoms with van der Waals surface area (Å²) < 4.78 is 16.1. The summed E-state index contributed by atoms with van der Waals surface area (Å²) in [7, 11) is 1.20. The molecule has 0 fully saturated rings. The lowest BCUT2D eigenvalue weighted by molar-refractivity contribution is -0.158. The third-order valence-electron chi connectivity index (χ3n) is 4.80. The molecule has 1 aromatic carbocycles. The van der Waals surface area contributed by atoms with E-state index in [4.69, 9.17) is 21.1 Å². The van der Waals surface area contributed by atoms with Crippen LogP contribution in [0.4, 0.5) is 4.79 Å². The van der Waals surface area contributed by atoms with Gasteiger partial charge in [-0.3, -0.25) is 4.79 Å². The van der Waals surface area contributed by atoms with Gasteiger partial charge in [-0.2, -0.15) is 0 Å². The van der Waals surface area contributed by atoms with Gasteiger partial charge in [-0.05, 0) is 51.8 Å². The molecule has 3 rings (SSSR count). The Bertz CT molecular complexity index is 1040. The molecule has 0 amide bonds. The van der Waals surface area contributed by atoms with Crippen molar-refractivity contribution in [1.29, 1.82) is 0 Å². The quantitative estimate of drug-likeness (QED) is 0.649. The van der Waals surface area contributed by atoms with Crippen LogP contribution in [0.25, 0.3) is 17.0 Å². The van der Waals surface area contributed by atoms with Crippen LogP contribution in [-0.4, -0.2) is 40.2 Å². The summed E-state index contributed by atoms with van der Waals surface area (Å²) in [6.07, 6.45) is 2.07. The minimum Gasteiger partial charge on any atom is -0.437 e. The number of ether oxygens (including phenoxy) is 3. The molecule has 0 radical (unpaired) electrons. The highest BCUT2D eigenvalue weighted by Crippen LogP contribution is 2.43. The van der Waals surface area contributed by atoms with E-state index in [1.165, 1.54) is 19.5 Å². The Morgan fingerprint density at radius 2 is 1.73 bits per heavy atom. The highest BCUT2D eigenvalue weighted by atomic mass is 35.5. The molecule has 158 valence electrons. The van der Waals surface area contributed by atoms with Crippen molar-refractivity contribution in [3.63, 3.8) is 0 Å². The van der Waals surface area contributed by atoms with Crippen LogP contribution in [0.5, 0.6) is 0 Å². The normalized spacial score (nSPS) is 17.6. The fourth-order valence-electron chi connectivity index (χ4n) is 3.47. The number of carbonyl (C=O) groups is 2. The van der Waals surface area contributed by atoms with E-state index in [1.54, 1.807) is 33.8 Å². The predicted molar refractivity (Wildman–Crippen MR) is 112 cm³/mol. The van der Waals surface area contributed by atoms with Crippen molar-refractivity contribution in [3.8, 4) is 11.4 Å². The first-order valence-electron chi connectivity index (χ1n) is 9.31. The van der Waals surface area contributed by atoms with Crippen molar-refractivity contribution in [3.05, 3.63) is 52.5 Å². The van der Waals surface area contributed by atoms with Gasteiger partial charge in [0, 0.05) is 18.0 Å². The van der Waals surface area contributed by atoms with Crippen molar-refractivity contribution < 1.29 is 23.8 Å². The Labute approximate surface area is 180 Å². The number of carbonyl (C=O) groups excluding carboxylic acids is 2. The summed E-state index contributed by atoms with van der Waals surface area (Å²) in [5.74, 6) is 0.240. The van der Waals surface area contributed by atoms with Crippen molar-refractivity contribution in [1.82, 2.24) is 9.97 Å². The predicted octanol–water partition coefficient (Wildman–Crippen LogP) is 4.76. The monoisotopic (exact) mass is 430 g/mol. The molecule has 1 aliphatic heterocycles. The van der Waals surface area contributed by atoms with Crippen molar-refractivity contribution in [2.24, 2.45) is 0 Å². The van der Waals surface area contributed by atoms with Gasteiger partial charge in [0.25, 0.3) is 0 Å². The van der Waals surface area contributed by atoms with Crippen LogP contribution in [0.15, 0.2) is 36.4 Å². The number of halogens is 1. The van der Waals surface area contributed by atoms with Gasteiger partial charge in [0.1, 0.15) is 11.2 Å². The van der Waals surface area contributed by atoms with Gasteiger partial charge >= 0.3 is 6.16 Å². The largest absolute Gasteiger partial charge is 0.513 e. The second kappa shape index (κ2) is 7.81. The first-order chi connectivity index (χ1) is 14.0. The molecule has 8 heteroatoms. The number of Topliss-reactive ketones (excluding diaryl/α,β-unsaturated/α-hetero) is 1. The van der Waals surface area contributed by atoms with E-state index in [0.717, 1.165) is 5.56 Å². The molecule has 30 heavy (non-hydrogen) atoms. The van der Waals surface area contributed by atoms with Gasteiger partial charge in [-0.1, -0.05) is 23.7 Å². The van der Waals surface area contributed by atoms with Gasteiger partial charge in [-0.15, -0.1) is 0 Å². The van der Waals surface area contributed by atoms with Crippen molar-refractivity contribution >= 4 is 29.1 Å². The number of nitrogens with zero attached hydrogens (tertiary/aromatic N) is 2. The van der Waals surface area contributed by atoms with Gasteiger partial charge in [0.05, 0.1) is 17.7 Å². The number of benzene rings is 1. The average molecular weight is 431 g/mol. The maximum Gasteiger partial charge on any atom is 0.513 e. The number of hydrogen-bond donors (Lipinski definition) is 0. The minimum absolute atomic E-state index is 0.0935. The molecule has 0 saturated heterocycles. The molecule has 1 aliphatic rings. The number of rotatable bonds is 3. The summed E-state index contributed by atoms with van der Waals surface area (Å²) in [5.41, 5.74) is 0.179. The number of methoxy groups -OCH3 is 1. The molecule has 0 atom stereocenters. The zero-order valence-electron chi connectivity index (χ0n) is 17.7. The Kier molecular flexibility index (Phi) is 5.71. The zero-order valence-corrected chi connectivity index (χ0v) is 18.5. The molecule has 0 spiro atoms. The highest BCUT2D eigenvalue weighted by molar-refractivity contribution is 6.30. The molecular formula is C22H23ClN2O5. The SMILES string of the molecule is COC(=O)OC1=C(c2cc(-c3ncc(Cl)cn3)ccc2C)C(=O)C(C)(C)OC1(C)C. The summed E-state index contributed by atoms with van der Waals surface area (Å²) >= 11 is 5.89. The average Bonchev–Trinajstić information content (AvgIpc) is 2.67. The summed E-state index contributed by atoms with van der Waals surface area (Å²) in [5, 5.41) is 0.422. The van der Waals surface area contributed by atoms with E-state index >= 15 is 0 Å². The summed E-state index contributed by atoms with van der Waals surface area (Å²) in [4.78, 5) is 33.8. The lowest BCUT2D eigenvalue weighted by atomic mass is 9.81. The van der Waals surface area contributed by atoms with Gasteiger partial charge in [0.2, 0.25) is 0 Å². The first-order valence-corrected chi connectivity index (χ1v) is 9.68. The maximum atomic E-state index is 13.4. The summed E-state index contributed by atoms with van der Waals surface area (Å²) in [6.45, 7) is 8.72. The Morgan fingerprint density at radius 1 is 1.10 bits per heavy atom.